The second-order valence-electron chi connectivity index (χ2n) is 5.86. The monoisotopic (exact) mass is 399 g/mol. The molecule has 0 spiro atoms. The molecule has 2 heterocycles. The third-order valence-corrected chi connectivity index (χ3v) is 5.31. The molecule has 0 bridgehead atoms. The number of hydrogen-bond donors (Lipinski definition) is 1. The van der Waals surface area contributed by atoms with Crippen LogP contribution in [0.15, 0.2) is 63.3 Å². The second-order valence-corrected chi connectivity index (χ2v) is 7.65. The first-order valence-corrected chi connectivity index (χ1v) is 10.2. The highest BCUT2D eigenvalue weighted by molar-refractivity contribution is 7.14. The van der Waals surface area contributed by atoms with Crippen LogP contribution in [0.4, 0.5) is 0 Å². The van der Waals surface area contributed by atoms with Gasteiger partial charge in [0.1, 0.15) is 11.5 Å². The molecular formula is C20H21N3O2S2. The summed E-state index contributed by atoms with van der Waals surface area (Å²) in [4.78, 5) is 6.49. The molecule has 0 aliphatic rings. The summed E-state index contributed by atoms with van der Waals surface area (Å²) in [7, 11) is 0. The van der Waals surface area contributed by atoms with Crippen LogP contribution in [0.1, 0.15) is 19.4 Å². The van der Waals surface area contributed by atoms with Crippen LogP contribution in [0.5, 0.6) is 11.5 Å². The molecule has 1 N–H and O–H groups in total. The number of benzene rings is 1. The number of hydrogen-bond acceptors (Lipinski definition) is 6. The van der Waals surface area contributed by atoms with Crippen LogP contribution in [0.3, 0.4) is 0 Å². The molecule has 0 unspecified atom stereocenters. The summed E-state index contributed by atoms with van der Waals surface area (Å²) in [5.74, 6) is 0.755. The fourth-order valence-electron chi connectivity index (χ4n) is 2.33. The highest BCUT2D eigenvalue weighted by Gasteiger charge is 2.09. The minimum absolute atomic E-state index is 0.124. The van der Waals surface area contributed by atoms with Crippen LogP contribution in [-0.4, -0.2) is 29.1 Å². The number of rotatable bonds is 7. The van der Waals surface area contributed by atoms with E-state index in [1.54, 1.807) is 34.4 Å². The van der Waals surface area contributed by atoms with Gasteiger partial charge in [0.25, 0.3) is 0 Å². The van der Waals surface area contributed by atoms with Gasteiger partial charge in [-0.2, -0.15) is 5.10 Å². The summed E-state index contributed by atoms with van der Waals surface area (Å²) < 4.78 is 7.20. The molecule has 0 aliphatic heterocycles. The summed E-state index contributed by atoms with van der Waals surface area (Å²) in [6.45, 7) is 8.86. The van der Waals surface area contributed by atoms with E-state index in [9.17, 15) is 5.11 Å². The summed E-state index contributed by atoms with van der Waals surface area (Å²) in [5.41, 5.74) is 2.57. The summed E-state index contributed by atoms with van der Waals surface area (Å²) in [6, 6.07) is 9.25. The molecule has 3 aromatic rings. The lowest BCUT2D eigenvalue weighted by atomic mass is 10.2. The van der Waals surface area contributed by atoms with Gasteiger partial charge in [-0.05, 0) is 37.4 Å². The average Bonchev–Trinajstić information content (AvgIpc) is 3.29. The number of thiophene rings is 1. The van der Waals surface area contributed by atoms with Crippen LogP contribution in [-0.2, 0) is 0 Å². The number of nitrogens with zero attached hydrogens (tertiary/aromatic N) is 3. The van der Waals surface area contributed by atoms with Crippen molar-refractivity contribution in [3.05, 3.63) is 63.6 Å². The topological polar surface area (TPSA) is 59.1 Å². The third-order valence-electron chi connectivity index (χ3n) is 3.57. The maximum absolute atomic E-state index is 10.2. The zero-order valence-electron chi connectivity index (χ0n) is 15.3. The van der Waals surface area contributed by atoms with Crippen molar-refractivity contribution < 1.29 is 9.84 Å². The predicted octanol–water partition coefficient (Wildman–Crippen LogP) is 4.74. The van der Waals surface area contributed by atoms with Crippen LogP contribution in [0.2, 0.25) is 0 Å². The maximum atomic E-state index is 10.2. The van der Waals surface area contributed by atoms with Crippen molar-refractivity contribution in [3.63, 3.8) is 0 Å². The first-order valence-electron chi connectivity index (χ1n) is 8.48. The minimum atomic E-state index is 0.124. The molecule has 7 heteroatoms. The van der Waals surface area contributed by atoms with Gasteiger partial charge in [-0.15, -0.1) is 22.7 Å². The Morgan fingerprint density at radius 1 is 1.33 bits per heavy atom. The van der Waals surface area contributed by atoms with E-state index in [1.165, 1.54) is 11.3 Å². The molecule has 0 atom stereocenters. The SMILES string of the molecule is C=C(C)CN=c1scc(-c2cccs2)n1N=Cc1ccc(OCC)cc1O. The van der Waals surface area contributed by atoms with E-state index in [1.807, 2.05) is 36.7 Å². The molecule has 0 radical (unpaired) electrons. The van der Waals surface area contributed by atoms with E-state index in [-0.39, 0.29) is 5.75 Å². The van der Waals surface area contributed by atoms with Crippen molar-refractivity contribution in [2.75, 3.05) is 13.2 Å². The number of aromatic nitrogens is 1. The standard InChI is InChI=1S/C20H21N3O2S2/c1-4-25-16-8-7-15(18(24)10-16)12-22-23-17(19-6-5-9-26-19)13-27-20(23)21-11-14(2)3/h5-10,12-13,24H,2,4,11H2,1,3H3. The van der Waals surface area contributed by atoms with Crippen molar-refractivity contribution in [2.45, 2.75) is 13.8 Å². The molecule has 2 aromatic heterocycles. The molecule has 1 aromatic carbocycles. The van der Waals surface area contributed by atoms with Gasteiger partial charge in [-0.1, -0.05) is 18.2 Å². The fourth-order valence-corrected chi connectivity index (χ4v) is 3.96. The summed E-state index contributed by atoms with van der Waals surface area (Å²) in [5, 5.41) is 18.9. The van der Waals surface area contributed by atoms with Crippen molar-refractivity contribution in [3.8, 4) is 22.1 Å². The van der Waals surface area contributed by atoms with Gasteiger partial charge in [0.05, 0.1) is 29.9 Å². The second kappa shape index (κ2) is 8.83. The van der Waals surface area contributed by atoms with Crippen molar-refractivity contribution in [2.24, 2.45) is 10.1 Å². The number of ether oxygens (including phenoxy) is 1. The lowest BCUT2D eigenvalue weighted by molar-refractivity contribution is 0.337. The minimum Gasteiger partial charge on any atom is -0.507 e. The number of phenolic OH excluding ortho intramolecular Hbond substituents is 1. The molecule has 0 aliphatic carbocycles. The van der Waals surface area contributed by atoms with E-state index in [2.05, 4.69) is 22.7 Å². The van der Waals surface area contributed by atoms with Crippen LogP contribution >= 0.6 is 22.7 Å². The lowest BCUT2D eigenvalue weighted by Crippen LogP contribution is -2.12. The van der Waals surface area contributed by atoms with Gasteiger partial charge in [0, 0.05) is 17.0 Å². The van der Waals surface area contributed by atoms with Gasteiger partial charge >= 0.3 is 0 Å². The molecule has 3 rings (SSSR count). The highest BCUT2D eigenvalue weighted by atomic mass is 32.1. The van der Waals surface area contributed by atoms with Crippen molar-refractivity contribution in [1.82, 2.24) is 4.68 Å². The fraction of sp³-hybridized carbons (Fsp3) is 0.200. The van der Waals surface area contributed by atoms with E-state index < -0.39 is 0 Å². The lowest BCUT2D eigenvalue weighted by Gasteiger charge is -2.05. The predicted molar refractivity (Wildman–Crippen MR) is 113 cm³/mol. The van der Waals surface area contributed by atoms with Crippen LogP contribution in [0, 0.1) is 0 Å². The Bertz CT molecular complexity index is 1010. The van der Waals surface area contributed by atoms with Gasteiger partial charge < -0.3 is 9.84 Å². The highest BCUT2D eigenvalue weighted by Crippen LogP contribution is 2.26. The zero-order valence-corrected chi connectivity index (χ0v) is 16.9. The molecule has 27 heavy (non-hydrogen) atoms. The van der Waals surface area contributed by atoms with Crippen molar-refractivity contribution in [1.29, 1.82) is 0 Å². The Morgan fingerprint density at radius 2 is 2.19 bits per heavy atom. The molecule has 0 fully saturated rings. The average molecular weight is 400 g/mol. The van der Waals surface area contributed by atoms with E-state index >= 15 is 0 Å². The Balaban J connectivity index is 1.99. The van der Waals surface area contributed by atoms with Gasteiger partial charge in [-0.25, -0.2) is 4.68 Å². The summed E-state index contributed by atoms with van der Waals surface area (Å²) >= 11 is 3.18. The summed E-state index contributed by atoms with van der Waals surface area (Å²) in [6.07, 6.45) is 1.63. The van der Waals surface area contributed by atoms with Gasteiger partial charge in [-0.3, -0.25) is 4.99 Å². The van der Waals surface area contributed by atoms with E-state index in [0.717, 1.165) is 20.9 Å². The molecule has 5 nitrogen and oxygen atoms in total. The van der Waals surface area contributed by atoms with Crippen LogP contribution in [0.25, 0.3) is 10.6 Å². The first-order chi connectivity index (χ1) is 13.1. The molecular weight excluding hydrogens is 378 g/mol. The molecule has 0 amide bonds. The van der Waals surface area contributed by atoms with Crippen LogP contribution < -0.4 is 9.54 Å². The Hall–Kier alpha value is -2.64. The first kappa shape index (κ1) is 19.1. The van der Waals surface area contributed by atoms with Gasteiger partial charge in [0.15, 0.2) is 0 Å². The zero-order chi connectivity index (χ0) is 19.2. The molecule has 0 saturated heterocycles. The number of phenols is 1. The van der Waals surface area contributed by atoms with Crippen molar-refractivity contribution >= 4 is 28.9 Å². The Kier molecular flexibility index (Phi) is 6.26. The van der Waals surface area contributed by atoms with E-state index in [0.29, 0.717) is 24.5 Å². The Morgan fingerprint density at radius 3 is 2.85 bits per heavy atom. The smallest absolute Gasteiger partial charge is 0.206 e. The van der Waals surface area contributed by atoms with Gasteiger partial charge in [0.2, 0.25) is 4.80 Å². The third kappa shape index (κ3) is 4.75. The quantitative estimate of drug-likeness (QED) is 0.461. The molecule has 140 valence electrons. The normalized spacial score (nSPS) is 12.0. The molecule has 0 saturated carbocycles. The largest absolute Gasteiger partial charge is 0.507 e. The van der Waals surface area contributed by atoms with E-state index in [4.69, 9.17) is 4.74 Å². The Labute approximate surface area is 166 Å². The number of aromatic hydroxyl groups is 1. The maximum Gasteiger partial charge on any atom is 0.206 e. The number of thiazole rings is 1.